The molecule has 3 heteroatoms. The minimum absolute atomic E-state index is 0.128. The van der Waals surface area contributed by atoms with Crippen molar-refractivity contribution in [2.24, 2.45) is 0 Å². The van der Waals surface area contributed by atoms with Crippen LogP contribution >= 0.6 is 0 Å². The van der Waals surface area contributed by atoms with Crippen LogP contribution in [0.15, 0.2) is 6.20 Å². The summed E-state index contributed by atoms with van der Waals surface area (Å²) in [5, 5.41) is 0. The number of rotatable bonds is 3. The molecule has 0 aliphatic rings. The smallest absolute Gasteiger partial charge is 0.132 e. The van der Waals surface area contributed by atoms with E-state index >= 15 is 0 Å². The number of nitrogens with one attached hydrogen (secondary N) is 1. The third kappa shape index (κ3) is 3.14. The van der Waals surface area contributed by atoms with Gasteiger partial charge in [0.15, 0.2) is 0 Å². The maximum Gasteiger partial charge on any atom is 0.132 e. The first kappa shape index (κ1) is 11.2. The predicted octanol–water partition coefficient (Wildman–Crippen LogP) is 2.63. The minimum Gasteiger partial charge on any atom is -0.371 e. The van der Waals surface area contributed by atoms with Crippen molar-refractivity contribution in [3.8, 4) is 0 Å². The lowest BCUT2D eigenvalue weighted by Gasteiger charge is -2.15. The van der Waals surface area contributed by atoms with Crippen molar-refractivity contribution in [1.29, 1.82) is 0 Å². The Hall–Kier alpha value is -0.830. The van der Waals surface area contributed by atoms with Gasteiger partial charge in [-0.2, -0.15) is 0 Å². The normalized spacial score (nSPS) is 12.4. The van der Waals surface area contributed by atoms with Crippen LogP contribution in [0.2, 0.25) is 0 Å². The summed E-state index contributed by atoms with van der Waals surface area (Å²) in [4.78, 5) is 7.55. The topological polar surface area (TPSA) is 37.9 Å². The van der Waals surface area contributed by atoms with Crippen molar-refractivity contribution in [3.63, 3.8) is 0 Å². The van der Waals surface area contributed by atoms with Crippen LogP contribution in [0.1, 0.15) is 46.1 Å². The van der Waals surface area contributed by atoms with Crippen LogP contribution in [0.5, 0.6) is 0 Å². The average Bonchev–Trinajstić information content (AvgIpc) is 2.47. The molecule has 1 N–H and O–H groups in total. The number of nitrogens with zero attached hydrogens (tertiary/aromatic N) is 1. The molecule has 0 fully saturated rings. The molecular weight excluding hydrogens is 176 g/mol. The molecule has 0 aromatic carbocycles. The van der Waals surface area contributed by atoms with Crippen LogP contribution in [0.4, 0.5) is 0 Å². The summed E-state index contributed by atoms with van der Waals surface area (Å²) < 4.78 is 5.46. The van der Waals surface area contributed by atoms with Crippen molar-refractivity contribution in [3.05, 3.63) is 17.7 Å². The van der Waals surface area contributed by atoms with Gasteiger partial charge in [0.1, 0.15) is 12.4 Å². The molecule has 0 saturated heterocycles. The van der Waals surface area contributed by atoms with E-state index in [1.165, 1.54) is 0 Å². The monoisotopic (exact) mass is 196 g/mol. The Morgan fingerprint density at radius 1 is 1.43 bits per heavy atom. The van der Waals surface area contributed by atoms with E-state index < -0.39 is 0 Å². The molecule has 0 unspecified atom stereocenters. The van der Waals surface area contributed by atoms with E-state index in [1.807, 2.05) is 20.0 Å². The third-order valence-electron chi connectivity index (χ3n) is 1.99. The molecule has 0 radical (unpaired) electrons. The Balaban J connectivity index is 2.60. The van der Waals surface area contributed by atoms with E-state index in [9.17, 15) is 0 Å². The molecular formula is C11H20N2O. The van der Waals surface area contributed by atoms with Gasteiger partial charge in [0, 0.05) is 17.3 Å². The summed E-state index contributed by atoms with van der Waals surface area (Å²) in [5.74, 6) is 0.906. The molecule has 0 atom stereocenters. The Bertz CT molecular complexity index is 284. The Kier molecular flexibility index (Phi) is 3.32. The maximum absolute atomic E-state index is 5.46. The minimum atomic E-state index is 0.128. The van der Waals surface area contributed by atoms with Gasteiger partial charge in [0.2, 0.25) is 0 Å². The zero-order valence-electron chi connectivity index (χ0n) is 9.72. The van der Waals surface area contributed by atoms with Crippen molar-refractivity contribution < 1.29 is 4.74 Å². The molecule has 0 bridgehead atoms. The molecule has 0 spiro atoms. The molecule has 0 aliphatic heterocycles. The number of aromatic nitrogens is 2. The third-order valence-corrected chi connectivity index (χ3v) is 1.99. The molecule has 1 rings (SSSR count). The molecule has 80 valence electrons. The predicted molar refractivity (Wildman–Crippen MR) is 57.2 cm³/mol. The van der Waals surface area contributed by atoms with Crippen molar-refractivity contribution >= 4 is 0 Å². The number of ether oxygens (including phenoxy) is 1. The fourth-order valence-electron chi connectivity index (χ4n) is 1.06. The lowest BCUT2D eigenvalue weighted by molar-refractivity contribution is 0.0616. The highest BCUT2D eigenvalue weighted by Crippen LogP contribution is 2.19. The second-order valence-corrected chi connectivity index (χ2v) is 4.85. The summed E-state index contributed by atoms with van der Waals surface area (Å²) in [6, 6.07) is 0. The van der Waals surface area contributed by atoms with Crippen molar-refractivity contribution in [2.75, 3.05) is 0 Å². The Labute approximate surface area is 85.9 Å². The SMILES string of the molecule is CC(C)OCc1ncc(C(C)(C)C)[nH]1. The number of hydrogen-bond donors (Lipinski definition) is 1. The highest BCUT2D eigenvalue weighted by atomic mass is 16.5. The highest BCUT2D eigenvalue weighted by molar-refractivity contribution is 5.10. The van der Waals surface area contributed by atoms with Gasteiger partial charge in [-0.1, -0.05) is 20.8 Å². The average molecular weight is 196 g/mol. The summed E-state index contributed by atoms with van der Waals surface area (Å²) in [6.07, 6.45) is 2.14. The van der Waals surface area contributed by atoms with Crippen LogP contribution < -0.4 is 0 Å². The summed E-state index contributed by atoms with van der Waals surface area (Å²) in [5.41, 5.74) is 1.28. The zero-order chi connectivity index (χ0) is 10.8. The summed E-state index contributed by atoms with van der Waals surface area (Å²) in [6.45, 7) is 11.1. The molecule has 1 aromatic heterocycles. The second-order valence-electron chi connectivity index (χ2n) is 4.85. The van der Waals surface area contributed by atoms with E-state index in [-0.39, 0.29) is 11.5 Å². The first-order valence-electron chi connectivity index (χ1n) is 5.05. The highest BCUT2D eigenvalue weighted by Gasteiger charge is 2.16. The van der Waals surface area contributed by atoms with E-state index in [0.717, 1.165) is 11.5 Å². The van der Waals surface area contributed by atoms with Crippen LogP contribution in [-0.2, 0) is 16.8 Å². The Morgan fingerprint density at radius 3 is 2.50 bits per heavy atom. The summed E-state index contributed by atoms with van der Waals surface area (Å²) >= 11 is 0. The standard InChI is InChI=1S/C11H20N2O/c1-8(2)14-7-10-12-6-9(13-10)11(3,4)5/h6,8H,7H2,1-5H3,(H,12,13). The van der Waals surface area contributed by atoms with Gasteiger partial charge < -0.3 is 9.72 Å². The van der Waals surface area contributed by atoms with Gasteiger partial charge in [0.05, 0.1) is 6.10 Å². The van der Waals surface area contributed by atoms with Crippen LogP contribution in [0.25, 0.3) is 0 Å². The van der Waals surface area contributed by atoms with Gasteiger partial charge in [-0.25, -0.2) is 4.98 Å². The quantitative estimate of drug-likeness (QED) is 0.807. The van der Waals surface area contributed by atoms with Crippen molar-refractivity contribution in [2.45, 2.75) is 52.7 Å². The fourth-order valence-corrected chi connectivity index (χ4v) is 1.06. The first-order valence-corrected chi connectivity index (χ1v) is 5.05. The lowest BCUT2D eigenvalue weighted by atomic mass is 9.93. The van der Waals surface area contributed by atoms with E-state index in [4.69, 9.17) is 4.74 Å². The molecule has 0 aliphatic carbocycles. The van der Waals surface area contributed by atoms with Gasteiger partial charge in [-0.3, -0.25) is 0 Å². The fraction of sp³-hybridized carbons (Fsp3) is 0.727. The van der Waals surface area contributed by atoms with Crippen LogP contribution in [-0.4, -0.2) is 16.1 Å². The van der Waals surface area contributed by atoms with Gasteiger partial charge in [-0.05, 0) is 13.8 Å². The molecule has 0 amide bonds. The van der Waals surface area contributed by atoms with Gasteiger partial charge in [-0.15, -0.1) is 0 Å². The number of H-pyrrole nitrogens is 1. The van der Waals surface area contributed by atoms with E-state index in [1.54, 1.807) is 0 Å². The molecule has 1 heterocycles. The van der Waals surface area contributed by atoms with Crippen molar-refractivity contribution in [1.82, 2.24) is 9.97 Å². The van der Waals surface area contributed by atoms with E-state index in [2.05, 4.69) is 30.7 Å². The zero-order valence-corrected chi connectivity index (χ0v) is 9.72. The lowest BCUT2D eigenvalue weighted by Crippen LogP contribution is -2.11. The molecule has 1 aromatic rings. The van der Waals surface area contributed by atoms with Crippen LogP contribution in [0, 0.1) is 0 Å². The molecule has 3 nitrogen and oxygen atoms in total. The second kappa shape index (κ2) is 4.13. The molecule has 0 saturated carbocycles. The van der Waals surface area contributed by atoms with Crippen LogP contribution in [0.3, 0.4) is 0 Å². The molecule has 14 heavy (non-hydrogen) atoms. The number of aromatic amines is 1. The number of hydrogen-bond acceptors (Lipinski definition) is 2. The maximum atomic E-state index is 5.46. The summed E-state index contributed by atoms with van der Waals surface area (Å²) in [7, 11) is 0. The van der Waals surface area contributed by atoms with Gasteiger partial charge in [0.25, 0.3) is 0 Å². The first-order chi connectivity index (χ1) is 6.39. The van der Waals surface area contributed by atoms with E-state index in [0.29, 0.717) is 6.61 Å². The number of imidazole rings is 1. The Morgan fingerprint density at radius 2 is 2.07 bits per heavy atom. The van der Waals surface area contributed by atoms with Gasteiger partial charge >= 0.3 is 0 Å². The largest absolute Gasteiger partial charge is 0.371 e.